The van der Waals surface area contributed by atoms with Crippen LogP contribution in [0.2, 0.25) is 5.28 Å². The number of halogens is 7. The standard InChI is InChI=1S/C16H16ClF6N5/c1-9-3-2-5-27-11-8-24-14(17)26-13(11)28(6-4-15(18,19)20)10(12(27)25-9)7-16(21,22)23/h2,5,8-10H,3-4,6-7H2,1H3. The summed E-state index contributed by atoms with van der Waals surface area (Å²) in [4.78, 5) is 14.5. The van der Waals surface area contributed by atoms with E-state index in [1.807, 2.05) is 0 Å². The molecule has 1 aromatic rings. The monoisotopic (exact) mass is 427 g/mol. The van der Waals surface area contributed by atoms with E-state index in [9.17, 15) is 26.3 Å². The summed E-state index contributed by atoms with van der Waals surface area (Å²) in [5, 5.41) is -0.269. The first kappa shape index (κ1) is 20.7. The van der Waals surface area contributed by atoms with Crippen molar-refractivity contribution < 1.29 is 26.3 Å². The molecule has 2 atom stereocenters. The summed E-state index contributed by atoms with van der Waals surface area (Å²) in [5.41, 5.74) is 0.231. The van der Waals surface area contributed by atoms with Crippen molar-refractivity contribution in [3.05, 3.63) is 23.8 Å². The van der Waals surface area contributed by atoms with Gasteiger partial charge in [0.1, 0.15) is 11.5 Å². The van der Waals surface area contributed by atoms with E-state index in [4.69, 9.17) is 11.6 Å². The van der Waals surface area contributed by atoms with Crippen LogP contribution < -0.4 is 9.80 Å². The summed E-state index contributed by atoms with van der Waals surface area (Å²) in [6, 6.07) is -1.79. The molecule has 0 bridgehead atoms. The fraction of sp³-hybridized carbons (Fsp3) is 0.562. The molecule has 2 aliphatic heterocycles. The Morgan fingerprint density at radius 1 is 1.18 bits per heavy atom. The van der Waals surface area contributed by atoms with Crippen LogP contribution in [-0.4, -0.2) is 46.8 Å². The van der Waals surface area contributed by atoms with Crippen LogP contribution in [0.5, 0.6) is 0 Å². The quantitative estimate of drug-likeness (QED) is 0.516. The zero-order valence-corrected chi connectivity index (χ0v) is 15.4. The summed E-state index contributed by atoms with van der Waals surface area (Å²) in [7, 11) is 0. The summed E-state index contributed by atoms with van der Waals surface area (Å²) in [6.45, 7) is 1.01. The molecule has 0 saturated carbocycles. The molecule has 0 radical (unpaired) electrons. The number of aromatic nitrogens is 2. The molecule has 0 N–H and O–H groups in total. The molecule has 1 aromatic heterocycles. The fourth-order valence-electron chi connectivity index (χ4n) is 3.17. The normalized spacial score (nSPS) is 22.5. The number of hydrogen-bond donors (Lipinski definition) is 0. The third-order valence-corrected chi connectivity index (χ3v) is 4.50. The molecule has 3 rings (SSSR count). The van der Waals surface area contributed by atoms with Crippen molar-refractivity contribution in [1.29, 1.82) is 0 Å². The topological polar surface area (TPSA) is 44.6 Å². The van der Waals surface area contributed by atoms with E-state index in [2.05, 4.69) is 15.0 Å². The number of fused-ring (bicyclic) bond motifs is 3. The molecule has 0 saturated heterocycles. The van der Waals surface area contributed by atoms with Gasteiger partial charge in [0.2, 0.25) is 5.28 Å². The number of nitrogens with zero attached hydrogens (tertiary/aromatic N) is 5. The van der Waals surface area contributed by atoms with Crippen LogP contribution in [0.15, 0.2) is 23.5 Å². The molecule has 0 aromatic carbocycles. The summed E-state index contributed by atoms with van der Waals surface area (Å²) in [5.74, 6) is -0.0733. The molecule has 154 valence electrons. The minimum Gasteiger partial charge on any atom is -0.344 e. The van der Waals surface area contributed by atoms with Crippen LogP contribution in [-0.2, 0) is 0 Å². The summed E-state index contributed by atoms with van der Waals surface area (Å²) < 4.78 is 78.4. The van der Waals surface area contributed by atoms with E-state index < -0.39 is 37.8 Å². The third kappa shape index (κ3) is 4.68. The van der Waals surface area contributed by atoms with Gasteiger partial charge >= 0.3 is 12.4 Å². The number of anilines is 2. The molecular formula is C16H16ClF6N5. The highest BCUT2D eigenvalue weighted by molar-refractivity contribution is 6.28. The van der Waals surface area contributed by atoms with Gasteiger partial charge in [0, 0.05) is 12.7 Å². The number of hydrogen-bond acceptors (Lipinski definition) is 5. The molecule has 5 nitrogen and oxygen atoms in total. The predicted molar refractivity (Wildman–Crippen MR) is 92.7 cm³/mol. The maximum Gasteiger partial charge on any atom is 0.391 e. The van der Waals surface area contributed by atoms with Crippen molar-refractivity contribution in [1.82, 2.24) is 9.97 Å². The van der Waals surface area contributed by atoms with Gasteiger partial charge < -0.3 is 4.90 Å². The first-order chi connectivity index (χ1) is 12.9. The molecule has 3 heterocycles. The van der Waals surface area contributed by atoms with E-state index in [0.29, 0.717) is 6.42 Å². The Bertz CT molecular complexity index is 791. The zero-order chi connectivity index (χ0) is 20.7. The van der Waals surface area contributed by atoms with E-state index in [1.54, 1.807) is 19.2 Å². The first-order valence-electron chi connectivity index (χ1n) is 8.41. The van der Waals surface area contributed by atoms with Crippen molar-refractivity contribution in [3.8, 4) is 0 Å². The smallest absolute Gasteiger partial charge is 0.344 e. The van der Waals surface area contributed by atoms with E-state index in [1.165, 1.54) is 11.1 Å². The van der Waals surface area contributed by atoms with E-state index >= 15 is 0 Å². The van der Waals surface area contributed by atoms with Gasteiger partial charge in [-0.2, -0.15) is 31.3 Å². The van der Waals surface area contributed by atoms with Crippen LogP contribution in [0.1, 0.15) is 26.2 Å². The molecular weight excluding hydrogens is 412 g/mol. The van der Waals surface area contributed by atoms with Gasteiger partial charge in [-0.25, -0.2) is 4.98 Å². The maximum atomic E-state index is 13.3. The van der Waals surface area contributed by atoms with Gasteiger partial charge in [0.05, 0.1) is 31.1 Å². The van der Waals surface area contributed by atoms with Crippen molar-refractivity contribution in [2.45, 2.75) is 50.6 Å². The van der Waals surface area contributed by atoms with Crippen LogP contribution in [0.25, 0.3) is 0 Å². The average molecular weight is 428 g/mol. The summed E-state index contributed by atoms with van der Waals surface area (Å²) in [6.07, 6.45) is -6.82. The molecule has 28 heavy (non-hydrogen) atoms. The van der Waals surface area contributed by atoms with Crippen molar-refractivity contribution in [2.24, 2.45) is 4.99 Å². The number of amidine groups is 1. The lowest BCUT2D eigenvalue weighted by atomic mass is 10.0. The second-order valence-electron chi connectivity index (χ2n) is 6.57. The Morgan fingerprint density at radius 3 is 2.54 bits per heavy atom. The molecule has 0 amide bonds. The Kier molecular flexibility index (Phi) is 5.48. The Hall–Kier alpha value is -2.04. The minimum absolute atomic E-state index is 0.0131. The van der Waals surface area contributed by atoms with Gasteiger partial charge in [0.25, 0.3) is 0 Å². The Balaban J connectivity index is 2.14. The van der Waals surface area contributed by atoms with Gasteiger partial charge in [-0.1, -0.05) is 6.08 Å². The molecule has 2 aliphatic rings. The molecule has 2 unspecified atom stereocenters. The van der Waals surface area contributed by atoms with E-state index in [-0.39, 0.29) is 28.7 Å². The van der Waals surface area contributed by atoms with Crippen LogP contribution >= 0.6 is 11.6 Å². The SMILES string of the molecule is CC1CC=CN2C(=N1)C(CC(F)(F)F)N(CCC(F)(F)F)c1nc(Cl)ncc12. The maximum absolute atomic E-state index is 13.3. The highest BCUT2D eigenvalue weighted by Crippen LogP contribution is 2.40. The average Bonchev–Trinajstić information content (AvgIpc) is 2.73. The first-order valence-corrected chi connectivity index (χ1v) is 8.78. The predicted octanol–water partition coefficient (Wildman–Crippen LogP) is 4.73. The highest BCUT2D eigenvalue weighted by Gasteiger charge is 2.45. The molecule has 0 spiro atoms. The summed E-state index contributed by atoms with van der Waals surface area (Å²) >= 11 is 5.78. The highest BCUT2D eigenvalue weighted by atomic mass is 35.5. The Morgan fingerprint density at radius 2 is 1.89 bits per heavy atom. The fourth-order valence-corrected chi connectivity index (χ4v) is 3.30. The third-order valence-electron chi connectivity index (χ3n) is 4.32. The van der Waals surface area contributed by atoms with Crippen molar-refractivity contribution in [2.75, 3.05) is 16.3 Å². The number of rotatable bonds is 3. The number of aliphatic imine (C=N–C) groups is 1. The lowest BCUT2D eigenvalue weighted by molar-refractivity contribution is -0.137. The zero-order valence-electron chi connectivity index (χ0n) is 14.6. The largest absolute Gasteiger partial charge is 0.391 e. The lowest BCUT2D eigenvalue weighted by Gasteiger charge is -2.43. The minimum atomic E-state index is -4.62. The number of alkyl halides is 6. The molecule has 12 heteroatoms. The van der Waals surface area contributed by atoms with Crippen LogP contribution in [0.4, 0.5) is 37.8 Å². The lowest BCUT2D eigenvalue weighted by Crippen LogP contribution is -2.55. The van der Waals surface area contributed by atoms with Gasteiger partial charge in [-0.3, -0.25) is 9.89 Å². The second kappa shape index (κ2) is 7.41. The van der Waals surface area contributed by atoms with Gasteiger partial charge in [-0.15, -0.1) is 0 Å². The van der Waals surface area contributed by atoms with Crippen molar-refractivity contribution in [3.63, 3.8) is 0 Å². The van der Waals surface area contributed by atoms with Gasteiger partial charge in [-0.05, 0) is 24.9 Å². The molecule has 0 fully saturated rings. The second-order valence-corrected chi connectivity index (χ2v) is 6.91. The van der Waals surface area contributed by atoms with Crippen LogP contribution in [0, 0.1) is 0 Å². The molecule has 0 aliphatic carbocycles. The van der Waals surface area contributed by atoms with Crippen molar-refractivity contribution >= 4 is 28.9 Å². The van der Waals surface area contributed by atoms with E-state index in [0.717, 1.165) is 4.90 Å². The van der Waals surface area contributed by atoms with Crippen LogP contribution in [0.3, 0.4) is 0 Å². The van der Waals surface area contributed by atoms with Gasteiger partial charge in [0.15, 0.2) is 5.82 Å². The Labute approximate surface area is 161 Å².